The molecule has 2 aliphatic heterocycles. The molecular weight excluding hydrogens is 380 g/mol. The van der Waals surface area contributed by atoms with Crippen molar-refractivity contribution in [2.45, 2.75) is 12.8 Å². The van der Waals surface area contributed by atoms with E-state index in [4.69, 9.17) is 9.47 Å². The number of halogens is 1. The molecule has 2 aromatic rings. The highest BCUT2D eigenvalue weighted by molar-refractivity contribution is 5.93. The molecular formula is C20H27ClN4O3. The van der Waals surface area contributed by atoms with Gasteiger partial charge in [0.15, 0.2) is 11.5 Å². The largest absolute Gasteiger partial charge is 0.493 e. The van der Waals surface area contributed by atoms with E-state index >= 15 is 0 Å². The number of amides is 1. The molecule has 1 aromatic heterocycles. The highest BCUT2D eigenvalue weighted by Crippen LogP contribution is 2.32. The van der Waals surface area contributed by atoms with Crippen LogP contribution in [-0.4, -0.2) is 61.4 Å². The summed E-state index contributed by atoms with van der Waals surface area (Å²) in [5, 5.41) is 10.7. The molecule has 0 unspecified atom stereocenters. The third-order valence-corrected chi connectivity index (χ3v) is 5.79. The fourth-order valence-corrected chi connectivity index (χ4v) is 4.17. The van der Waals surface area contributed by atoms with Crippen LogP contribution in [0.4, 0.5) is 0 Å². The van der Waals surface area contributed by atoms with Gasteiger partial charge in [-0.05, 0) is 62.0 Å². The maximum Gasteiger partial charge on any atom is 0.271 e. The van der Waals surface area contributed by atoms with E-state index in [-0.39, 0.29) is 18.3 Å². The Hall–Kier alpha value is -2.25. The van der Waals surface area contributed by atoms with Crippen LogP contribution in [0.2, 0.25) is 0 Å². The summed E-state index contributed by atoms with van der Waals surface area (Å²) < 4.78 is 10.6. The van der Waals surface area contributed by atoms with Gasteiger partial charge in [0.1, 0.15) is 5.69 Å². The van der Waals surface area contributed by atoms with E-state index in [0.717, 1.165) is 50.3 Å². The average Bonchev–Trinajstić information content (AvgIpc) is 3.33. The highest BCUT2D eigenvalue weighted by Gasteiger charge is 2.32. The van der Waals surface area contributed by atoms with Crippen molar-refractivity contribution < 1.29 is 14.3 Å². The lowest BCUT2D eigenvalue weighted by Gasteiger charge is -2.19. The van der Waals surface area contributed by atoms with Gasteiger partial charge in [0.2, 0.25) is 0 Å². The number of fused-ring (bicyclic) bond motifs is 1. The molecule has 4 rings (SSSR count). The zero-order valence-electron chi connectivity index (χ0n) is 16.2. The number of nitrogens with zero attached hydrogens (tertiary/aromatic N) is 2. The Balaban J connectivity index is 0.00000225. The van der Waals surface area contributed by atoms with Gasteiger partial charge in [-0.1, -0.05) is 0 Å². The number of rotatable bonds is 4. The van der Waals surface area contributed by atoms with Crippen molar-refractivity contribution in [1.29, 1.82) is 0 Å². The standard InChI is InChI=1S/C20H26N4O3.ClH/c1-26-18-4-3-13(9-19(18)27-2)16-10-17(23-22-16)20(25)24-7-5-14-11-21-12-15(14)6-8-24;/h3-4,9-10,14-15,21H,5-8,11-12H2,1-2H3,(H,22,23);1H/t14-,15+;. The third kappa shape index (κ3) is 3.95. The van der Waals surface area contributed by atoms with Gasteiger partial charge in [-0.15, -0.1) is 12.4 Å². The van der Waals surface area contributed by atoms with E-state index in [1.165, 1.54) is 0 Å². The number of hydrogen-bond acceptors (Lipinski definition) is 5. The summed E-state index contributed by atoms with van der Waals surface area (Å²) in [6.45, 7) is 3.79. The molecule has 1 amide bonds. The second-order valence-corrected chi connectivity index (χ2v) is 7.28. The predicted octanol–water partition coefficient (Wildman–Crippen LogP) is 2.59. The molecule has 2 saturated heterocycles. The van der Waals surface area contributed by atoms with Crippen LogP contribution in [0.25, 0.3) is 11.3 Å². The zero-order valence-corrected chi connectivity index (χ0v) is 17.1. The lowest BCUT2D eigenvalue weighted by atomic mass is 9.92. The fraction of sp³-hybridized carbons (Fsp3) is 0.500. The zero-order chi connectivity index (χ0) is 18.8. The molecule has 0 radical (unpaired) electrons. The minimum absolute atomic E-state index is 0. The van der Waals surface area contributed by atoms with Gasteiger partial charge in [-0.3, -0.25) is 9.89 Å². The number of methoxy groups -OCH3 is 2. The summed E-state index contributed by atoms with van der Waals surface area (Å²) in [7, 11) is 3.21. The summed E-state index contributed by atoms with van der Waals surface area (Å²) in [5.41, 5.74) is 2.12. The maximum absolute atomic E-state index is 12.9. The molecule has 3 heterocycles. The minimum Gasteiger partial charge on any atom is -0.493 e. The summed E-state index contributed by atoms with van der Waals surface area (Å²) >= 11 is 0. The van der Waals surface area contributed by atoms with Gasteiger partial charge in [-0.25, -0.2) is 0 Å². The number of nitrogens with one attached hydrogen (secondary N) is 2. The summed E-state index contributed by atoms with van der Waals surface area (Å²) in [6, 6.07) is 7.43. The summed E-state index contributed by atoms with van der Waals surface area (Å²) in [4.78, 5) is 14.9. The molecule has 0 spiro atoms. The highest BCUT2D eigenvalue weighted by atomic mass is 35.5. The Kier molecular flexibility index (Phi) is 6.46. The molecule has 0 saturated carbocycles. The first-order valence-corrected chi connectivity index (χ1v) is 9.47. The summed E-state index contributed by atoms with van der Waals surface area (Å²) in [5.74, 6) is 2.73. The molecule has 0 bridgehead atoms. The Morgan fingerprint density at radius 3 is 2.39 bits per heavy atom. The number of likely N-dealkylation sites (tertiary alicyclic amines) is 1. The van der Waals surface area contributed by atoms with Gasteiger partial charge >= 0.3 is 0 Å². The molecule has 28 heavy (non-hydrogen) atoms. The molecule has 7 nitrogen and oxygen atoms in total. The van der Waals surface area contributed by atoms with E-state index < -0.39 is 0 Å². The lowest BCUT2D eigenvalue weighted by molar-refractivity contribution is 0.0752. The molecule has 2 N–H and O–H groups in total. The van der Waals surface area contributed by atoms with E-state index in [9.17, 15) is 4.79 Å². The molecule has 2 atom stereocenters. The molecule has 2 aliphatic rings. The Bertz CT molecular complexity index is 812. The van der Waals surface area contributed by atoms with Crippen LogP contribution >= 0.6 is 12.4 Å². The smallest absolute Gasteiger partial charge is 0.271 e. The van der Waals surface area contributed by atoms with Gasteiger partial charge in [-0.2, -0.15) is 5.10 Å². The van der Waals surface area contributed by atoms with Crippen molar-refractivity contribution in [3.63, 3.8) is 0 Å². The van der Waals surface area contributed by atoms with Crippen LogP contribution in [-0.2, 0) is 0 Å². The van der Waals surface area contributed by atoms with E-state index in [2.05, 4.69) is 15.5 Å². The van der Waals surface area contributed by atoms with Crippen molar-refractivity contribution in [1.82, 2.24) is 20.4 Å². The quantitative estimate of drug-likeness (QED) is 0.815. The second kappa shape index (κ2) is 8.84. The van der Waals surface area contributed by atoms with Crippen molar-refractivity contribution >= 4 is 18.3 Å². The fourth-order valence-electron chi connectivity index (χ4n) is 4.17. The van der Waals surface area contributed by atoms with Gasteiger partial charge in [0.25, 0.3) is 5.91 Å². The third-order valence-electron chi connectivity index (χ3n) is 5.79. The SMILES string of the molecule is COc1ccc(-c2cc(C(=O)N3CC[C@@H]4CNC[C@@H]4CC3)[nH]n2)cc1OC.Cl. The first-order valence-electron chi connectivity index (χ1n) is 9.47. The average molecular weight is 407 g/mol. The summed E-state index contributed by atoms with van der Waals surface area (Å²) in [6.07, 6.45) is 2.14. The van der Waals surface area contributed by atoms with Crippen LogP contribution in [0.15, 0.2) is 24.3 Å². The first kappa shape index (κ1) is 20.5. The number of hydrogen-bond donors (Lipinski definition) is 2. The number of H-pyrrole nitrogens is 1. The predicted molar refractivity (Wildman–Crippen MR) is 109 cm³/mol. The molecule has 2 fully saturated rings. The monoisotopic (exact) mass is 406 g/mol. The first-order chi connectivity index (χ1) is 13.2. The normalized spacial score (nSPS) is 21.4. The van der Waals surface area contributed by atoms with Crippen molar-refractivity contribution in [3.8, 4) is 22.8 Å². The maximum atomic E-state index is 12.9. The Labute approximate surface area is 171 Å². The van der Waals surface area contributed by atoms with Crippen molar-refractivity contribution in [3.05, 3.63) is 30.0 Å². The van der Waals surface area contributed by atoms with Crippen LogP contribution in [0.1, 0.15) is 23.3 Å². The number of aromatic nitrogens is 2. The van der Waals surface area contributed by atoms with Crippen LogP contribution in [0.5, 0.6) is 11.5 Å². The van der Waals surface area contributed by atoms with Gasteiger partial charge < -0.3 is 19.7 Å². The van der Waals surface area contributed by atoms with E-state index in [1.54, 1.807) is 14.2 Å². The van der Waals surface area contributed by atoms with E-state index in [0.29, 0.717) is 29.0 Å². The van der Waals surface area contributed by atoms with E-state index in [1.807, 2.05) is 29.2 Å². The Morgan fingerprint density at radius 2 is 1.75 bits per heavy atom. The molecule has 8 heteroatoms. The Morgan fingerprint density at radius 1 is 1.07 bits per heavy atom. The number of carbonyl (C=O) groups is 1. The van der Waals surface area contributed by atoms with Crippen LogP contribution in [0, 0.1) is 11.8 Å². The van der Waals surface area contributed by atoms with Crippen molar-refractivity contribution in [2.75, 3.05) is 40.4 Å². The van der Waals surface area contributed by atoms with Gasteiger partial charge in [0, 0.05) is 18.7 Å². The van der Waals surface area contributed by atoms with Crippen molar-refractivity contribution in [2.24, 2.45) is 11.8 Å². The number of carbonyl (C=O) groups excluding carboxylic acids is 1. The molecule has 1 aromatic carbocycles. The second-order valence-electron chi connectivity index (χ2n) is 7.28. The molecule has 152 valence electrons. The van der Waals surface area contributed by atoms with Gasteiger partial charge in [0.05, 0.1) is 19.9 Å². The van der Waals surface area contributed by atoms with Crippen LogP contribution in [0.3, 0.4) is 0 Å². The number of aromatic amines is 1. The van der Waals surface area contributed by atoms with Crippen LogP contribution < -0.4 is 14.8 Å². The molecule has 0 aliphatic carbocycles. The number of ether oxygens (including phenoxy) is 2. The number of benzene rings is 1. The lowest BCUT2D eigenvalue weighted by Crippen LogP contribution is -2.33. The minimum atomic E-state index is 0. The topological polar surface area (TPSA) is 79.5 Å².